The van der Waals surface area contributed by atoms with Crippen LogP contribution in [0, 0.1) is 0 Å². The molecule has 1 aromatic carbocycles. The molecule has 3 rings (SSSR count). The molecule has 0 saturated heterocycles. The zero-order valence-corrected chi connectivity index (χ0v) is 14.4. The third-order valence-electron chi connectivity index (χ3n) is 3.17. The van der Waals surface area contributed by atoms with E-state index in [-0.39, 0.29) is 33.1 Å². The van der Waals surface area contributed by atoms with Gasteiger partial charge < -0.3 is 11.5 Å². The molecule has 0 aliphatic carbocycles. The maximum atomic E-state index is 5.31. The maximum Gasteiger partial charge on any atom is 2.00 e. The molecule has 0 fully saturated rings. The Labute approximate surface area is 139 Å². The van der Waals surface area contributed by atoms with Gasteiger partial charge in [0.2, 0.25) is 0 Å². The Balaban J connectivity index is 0.000000275. The summed E-state index contributed by atoms with van der Waals surface area (Å²) in [5.41, 5.74) is 12.6. The van der Waals surface area contributed by atoms with Crippen molar-refractivity contribution >= 4 is 21.8 Å². The van der Waals surface area contributed by atoms with Crippen LogP contribution in [-0.2, 0) is 21.1 Å². The number of nitrogens with two attached hydrogens (primary N) is 2. The van der Waals surface area contributed by atoms with Crippen molar-refractivity contribution in [2.24, 2.45) is 11.5 Å². The van der Waals surface area contributed by atoms with Crippen LogP contribution >= 0.6 is 0 Å². The van der Waals surface area contributed by atoms with Crippen molar-refractivity contribution in [2.75, 3.05) is 0 Å². The van der Waals surface area contributed by atoms with Crippen molar-refractivity contribution in [3.05, 3.63) is 48.8 Å². The van der Waals surface area contributed by atoms with Crippen LogP contribution in [0.25, 0.3) is 21.8 Å². The van der Waals surface area contributed by atoms with Crippen molar-refractivity contribution in [3.63, 3.8) is 0 Å². The molecule has 0 aliphatic rings. The zero-order valence-electron chi connectivity index (χ0n) is 12.1. The smallest absolute Gasteiger partial charge is 0.327 e. The first kappa shape index (κ1) is 17.7. The summed E-state index contributed by atoms with van der Waals surface area (Å²) in [5, 5.41) is 2.28. The number of rotatable bonds is 1. The third-order valence-corrected chi connectivity index (χ3v) is 3.17. The van der Waals surface area contributed by atoms with Gasteiger partial charge in [0.1, 0.15) is 0 Å². The normalized spacial score (nSPS) is 13.0. The minimum atomic E-state index is 0. The molecule has 0 amide bonds. The van der Waals surface area contributed by atoms with Gasteiger partial charge in [-0.05, 0) is 26.0 Å². The number of pyridine rings is 2. The Morgan fingerprint density at radius 3 is 1.48 bits per heavy atom. The Bertz CT molecular complexity index is 637. The van der Waals surface area contributed by atoms with Crippen LogP contribution in [-0.4, -0.2) is 22.1 Å². The molecule has 0 aliphatic heterocycles. The van der Waals surface area contributed by atoms with Crippen LogP contribution in [0.2, 0.25) is 0 Å². The Morgan fingerprint density at radius 1 is 0.762 bits per heavy atom. The second kappa shape index (κ2) is 8.18. The van der Waals surface area contributed by atoms with Crippen molar-refractivity contribution in [1.82, 2.24) is 9.97 Å². The Morgan fingerprint density at radius 2 is 1.14 bits per heavy atom. The van der Waals surface area contributed by atoms with Gasteiger partial charge in [-0.1, -0.05) is 24.3 Å². The van der Waals surface area contributed by atoms with Gasteiger partial charge in [0.25, 0.3) is 0 Å². The first-order valence-corrected chi connectivity index (χ1v) is 6.69. The number of hydrogen-bond donors (Lipinski definition) is 2. The molecule has 0 radical (unpaired) electrons. The first-order chi connectivity index (χ1) is 9.59. The van der Waals surface area contributed by atoms with E-state index in [1.54, 1.807) is 12.4 Å². The van der Waals surface area contributed by atoms with Crippen LogP contribution in [0.4, 0.5) is 0 Å². The summed E-state index contributed by atoms with van der Waals surface area (Å²) >= 11 is 0. The number of fused-ring (bicyclic) bond motifs is 3. The molecule has 112 valence electrons. The monoisotopic (exact) mass is 463 g/mol. The van der Waals surface area contributed by atoms with Gasteiger partial charge in [-0.25, -0.2) is 0 Å². The van der Waals surface area contributed by atoms with Crippen molar-refractivity contribution in [2.45, 2.75) is 25.9 Å². The maximum absolute atomic E-state index is 5.31. The minimum absolute atomic E-state index is 0. The molecule has 0 unspecified atom stereocenters. The molecule has 5 heteroatoms. The first-order valence-electron chi connectivity index (χ1n) is 6.69. The third kappa shape index (κ3) is 4.57. The van der Waals surface area contributed by atoms with Crippen molar-refractivity contribution in [3.8, 4) is 0 Å². The van der Waals surface area contributed by atoms with E-state index in [0.29, 0.717) is 0 Å². The largest absolute Gasteiger partial charge is 2.00 e. The van der Waals surface area contributed by atoms with Gasteiger partial charge in [0.05, 0.1) is 11.0 Å². The molecule has 0 bridgehead atoms. The van der Waals surface area contributed by atoms with Crippen molar-refractivity contribution in [1.29, 1.82) is 0 Å². The molecule has 2 aromatic heterocycles. The molecule has 21 heavy (non-hydrogen) atoms. The number of benzene rings is 1. The van der Waals surface area contributed by atoms with E-state index in [1.165, 1.54) is 0 Å². The minimum Gasteiger partial charge on any atom is -0.327 e. The van der Waals surface area contributed by atoms with Gasteiger partial charge in [0.15, 0.2) is 0 Å². The van der Waals surface area contributed by atoms with Gasteiger partial charge in [-0.3, -0.25) is 9.97 Å². The number of aromatic nitrogens is 2. The predicted octanol–water partition coefficient (Wildman–Crippen LogP) is 2.46. The summed E-state index contributed by atoms with van der Waals surface area (Å²) in [6.45, 7) is 3.79. The summed E-state index contributed by atoms with van der Waals surface area (Å²) in [4.78, 5) is 8.69. The molecule has 0 saturated carbocycles. The summed E-state index contributed by atoms with van der Waals surface area (Å²) in [7, 11) is 0. The van der Waals surface area contributed by atoms with E-state index in [0.717, 1.165) is 21.8 Å². The van der Waals surface area contributed by atoms with E-state index in [1.807, 2.05) is 26.0 Å². The fourth-order valence-electron chi connectivity index (χ4n) is 1.68. The van der Waals surface area contributed by atoms with Crippen LogP contribution in [0.5, 0.6) is 0 Å². The SMILES string of the molecule is C[C@H](N)[C@@H](C)N.[Pt+2].c1cnc2c(c1)ccc1cccnc12. The molecular weight excluding hydrogens is 443 g/mol. The molecule has 0 spiro atoms. The second-order valence-electron chi connectivity index (χ2n) is 4.93. The van der Waals surface area contributed by atoms with Gasteiger partial charge in [-0.2, -0.15) is 0 Å². The Hall–Kier alpha value is -1.35. The van der Waals surface area contributed by atoms with Crippen LogP contribution < -0.4 is 11.5 Å². The molecule has 4 nitrogen and oxygen atoms in total. The van der Waals surface area contributed by atoms with Crippen LogP contribution in [0.1, 0.15) is 13.8 Å². The average Bonchev–Trinajstić information content (AvgIpc) is 2.47. The number of nitrogens with zero attached hydrogens (tertiary/aromatic N) is 2. The summed E-state index contributed by atoms with van der Waals surface area (Å²) in [6.07, 6.45) is 3.60. The molecule has 2 atom stereocenters. The second-order valence-corrected chi connectivity index (χ2v) is 4.93. The molecule has 2 heterocycles. The van der Waals surface area contributed by atoms with E-state index < -0.39 is 0 Å². The number of hydrogen-bond acceptors (Lipinski definition) is 4. The molecular formula is C16H20N4Pt+2. The topological polar surface area (TPSA) is 77.8 Å². The summed E-state index contributed by atoms with van der Waals surface area (Å²) < 4.78 is 0. The standard InChI is InChI=1S/C12H8N2.C4H12N2.Pt/c1-3-9-5-6-10-4-2-8-14-12(10)11(9)13-7-1;1-3(5)4(2)6;/h1-8H;3-4H,5-6H2,1-2H3;/q;;+2/t;3-,4+;. The van der Waals surface area contributed by atoms with Crippen LogP contribution in [0.15, 0.2) is 48.8 Å². The van der Waals surface area contributed by atoms with Crippen LogP contribution in [0.3, 0.4) is 0 Å². The van der Waals surface area contributed by atoms with E-state index in [4.69, 9.17) is 11.5 Å². The van der Waals surface area contributed by atoms with Crippen molar-refractivity contribution < 1.29 is 21.1 Å². The van der Waals surface area contributed by atoms with Gasteiger partial charge in [0, 0.05) is 35.2 Å². The molecule has 4 N–H and O–H groups in total. The fraction of sp³-hybridized carbons (Fsp3) is 0.250. The van der Waals surface area contributed by atoms with E-state index >= 15 is 0 Å². The summed E-state index contributed by atoms with van der Waals surface area (Å²) in [5.74, 6) is 0. The fourth-order valence-corrected chi connectivity index (χ4v) is 1.68. The van der Waals surface area contributed by atoms with Gasteiger partial charge in [-0.15, -0.1) is 0 Å². The van der Waals surface area contributed by atoms with Gasteiger partial charge >= 0.3 is 21.1 Å². The molecule has 3 aromatic rings. The average molecular weight is 463 g/mol. The van der Waals surface area contributed by atoms with E-state index in [9.17, 15) is 0 Å². The Kier molecular flexibility index (Phi) is 6.89. The summed E-state index contributed by atoms with van der Waals surface area (Å²) in [6, 6.07) is 12.4. The van der Waals surface area contributed by atoms with E-state index in [2.05, 4.69) is 34.2 Å². The predicted molar refractivity (Wildman–Crippen MR) is 84.3 cm³/mol. The quantitative estimate of drug-likeness (QED) is 0.544. The zero-order chi connectivity index (χ0) is 14.5.